The van der Waals surface area contributed by atoms with E-state index in [4.69, 9.17) is 15.9 Å². The van der Waals surface area contributed by atoms with E-state index >= 15 is 0 Å². The maximum Gasteiger partial charge on any atom is 0.141 e. The Morgan fingerprint density at radius 2 is 1.62 bits per heavy atom. The van der Waals surface area contributed by atoms with Crippen LogP contribution in [0.25, 0.3) is 21.9 Å². The number of benzene rings is 2. The third kappa shape index (κ3) is 1.23. The van der Waals surface area contributed by atoms with Crippen molar-refractivity contribution in [3.63, 3.8) is 0 Å². The number of para-hydroxylation sites is 2. The van der Waals surface area contributed by atoms with E-state index in [9.17, 15) is 0 Å². The molecule has 0 bridgehead atoms. The van der Waals surface area contributed by atoms with Crippen LogP contribution in [0, 0.1) is 0 Å². The van der Waals surface area contributed by atoms with Gasteiger partial charge in [0.05, 0.1) is 6.17 Å². The van der Waals surface area contributed by atoms with E-state index in [0.717, 1.165) is 27.5 Å². The molecule has 0 radical (unpaired) electrons. The summed E-state index contributed by atoms with van der Waals surface area (Å²) in [5.74, 6) is 0. The third-order valence-corrected chi connectivity index (χ3v) is 2.79. The molecule has 0 saturated heterocycles. The fourth-order valence-electron chi connectivity index (χ4n) is 2.03. The highest BCUT2D eigenvalue weighted by molar-refractivity contribution is 6.05. The average Bonchev–Trinajstić information content (AvgIpc) is 2.67. The Labute approximate surface area is 92.6 Å². The summed E-state index contributed by atoms with van der Waals surface area (Å²) in [6.07, 6.45) is -0.510. The molecule has 1 heterocycles. The highest BCUT2D eigenvalue weighted by Crippen LogP contribution is 2.31. The van der Waals surface area contributed by atoms with Crippen molar-refractivity contribution >= 4 is 21.9 Å². The normalized spacial score (nSPS) is 11.7. The minimum absolute atomic E-state index is 0.510. The van der Waals surface area contributed by atoms with Gasteiger partial charge in [0.25, 0.3) is 0 Å². The van der Waals surface area contributed by atoms with Gasteiger partial charge in [-0.05, 0) is 6.07 Å². The average molecular weight is 212 g/mol. The molecule has 0 aliphatic heterocycles. The minimum atomic E-state index is -0.510. The van der Waals surface area contributed by atoms with Crippen LogP contribution in [-0.2, 0) is 0 Å². The van der Waals surface area contributed by atoms with E-state index in [1.54, 1.807) is 0 Å². The largest absolute Gasteiger partial charge is 0.456 e. The molecule has 80 valence electrons. The van der Waals surface area contributed by atoms with Gasteiger partial charge in [0.15, 0.2) is 0 Å². The summed E-state index contributed by atoms with van der Waals surface area (Å²) in [6, 6.07) is 13.8. The van der Waals surface area contributed by atoms with Gasteiger partial charge < -0.3 is 15.9 Å². The molecule has 0 fully saturated rings. The van der Waals surface area contributed by atoms with Crippen LogP contribution >= 0.6 is 0 Å². The molecule has 0 aliphatic rings. The van der Waals surface area contributed by atoms with E-state index in [0.29, 0.717) is 0 Å². The van der Waals surface area contributed by atoms with Crippen molar-refractivity contribution < 1.29 is 4.42 Å². The molecule has 0 aliphatic carbocycles. The van der Waals surface area contributed by atoms with Crippen molar-refractivity contribution in [2.45, 2.75) is 6.17 Å². The number of hydrogen-bond donors (Lipinski definition) is 2. The number of fused-ring (bicyclic) bond motifs is 3. The fraction of sp³-hybridized carbons (Fsp3) is 0.0769. The van der Waals surface area contributed by atoms with Crippen LogP contribution in [0.5, 0.6) is 0 Å². The summed E-state index contributed by atoms with van der Waals surface area (Å²) in [7, 11) is 0. The molecule has 3 heteroatoms. The number of rotatable bonds is 1. The molecule has 0 amide bonds. The smallest absolute Gasteiger partial charge is 0.141 e. The van der Waals surface area contributed by atoms with Gasteiger partial charge in [0.2, 0.25) is 0 Å². The lowest BCUT2D eigenvalue weighted by Gasteiger charge is -2.04. The summed E-state index contributed by atoms with van der Waals surface area (Å²) in [4.78, 5) is 0. The lowest BCUT2D eigenvalue weighted by atomic mass is 10.1. The van der Waals surface area contributed by atoms with Crippen molar-refractivity contribution in [2.75, 3.05) is 0 Å². The van der Waals surface area contributed by atoms with Crippen LogP contribution in [0.15, 0.2) is 46.9 Å². The molecule has 2 aromatic carbocycles. The summed E-state index contributed by atoms with van der Waals surface area (Å²) in [6.45, 7) is 0. The topological polar surface area (TPSA) is 65.2 Å². The monoisotopic (exact) mass is 212 g/mol. The van der Waals surface area contributed by atoms with Crippen molar-refractivity contribution in [1.82, 2.24) is 0 Å². The third-order valence-electron chi connectivity index (χ3n) is 2.79. The van der Waals surface area contributed by atoms with Crippen molar-refractivity contribution in [2.24, 2.45) is 11.5 Å². The molecule has 0 unspecified atom stereocenters. The molecular formula is C13H12N2O. The number of furan rings is 1. The van der Waals surface area contributed by atoms with Gasteiger partial charge >= 0.3 is 0 Å². The van der Waals surface area contributed by atoms with Gasteiger partial charge in [-0.2, -0.15) is 0 Å². The SMILES string of the molecule is NC(N)c1cccc2c1oc1ccccc12. The number of nitrogens with two attached hydrogens (primary N) is 2. The molecule has 0 saturated carbocycles. The Bertz CT molecular complexity index is 655. The zero-order valence-electron chi connectivity index (χ0n) is 8.68. The summed E-state index contributed by atoms with van der Waals surface area (Å²) in [5.41, 5.74) is 13.9. The van der Waals surface area contributed by atoms with Crippen LogP contribution in [-0.4, -0.2) is 0 Å². The first-order valence-corrected chi connectivity index (χ1v) is 5.18. The van der Waals surface area contributed by atoms with Crippen LogP contribution < -0.4 is 11.5 Å². The van der Waals surface area contributed by atoms with Crippen LogP contribution in [0.3, 0.4) is 0 Å². The first-order chi connectivity index (χ1) is 7.77. The molecule has 3 rings (SSSR count). The molecule has 4 N–H and O–H groups in total. The van der Waals surface area contributed by atoms with Gasteiger partial charge in [0, 0.05) is 16.3 Å². The molecular weight excluding hydrogens is 200 g/mol. The first-order valence-electron chi connectivity index (χ1n) is 5.18. The van der Waals surface area contributed by atoms with E-state index in [-0.39, 0.29) is 0 Å². The second-order valence-corrected chi connectivity index (χ2v) is 3.85. The quantitative estimate of drug-likeness (QED) is 0.609. The predicted molar refractivity (Wildman–Crippen MR) is 64.8 cm³/mol. The Morgan fingerprint density at radius 1 is 0.875 bits per heavy atom. The van der Waals surface area contributed by atoms with Gasteiger partial charge in [-0.25, -0.2) is 0 Å². The molecule has 3 aromatic rings. The van der Waals surface area contributed by atoms with E-state index in [2.05, 4.69) is 0 Å². The molecule has 16 heavy (non-hydrogen) atoms. The molecule has 1 aromatic heterocycles. The van der Waals surface area contributed by atoms with E-state index < -0.39 is 6.17 Å². The van der Waals surface area contributed by atoms with Crippen molar-refractivity contribution in [3.05, 3.63) is 48.0 Å². The summed E-state index contributed by atoms with van der Waals surface area (Å²) in [5, 5.41) is 2.16. The lowest BCUT2D eigenvalue weighted by Crippen LogP contribution is -2.19. The van der Waals surface area contributed by atoms with Gasteiger partial charge in [0.1, 0.15) is 11.2 Å². The first kappa shape index (κ1) is 9.39. The predicted octanol–water partition coefficient (Wildman–Crippen LogP) is 2.50. The highest BCUT2D eigenvalue weighted by Gasteiger charge is 2.12. The zero-order chi connectivity index (χ0) is 11.1. The van der Waals surface area contributed by atoms with Gasteiger partial charge in [-0.1, -0.05) is 36.4 Å². The van der Waals surface area contributed by atoms with E-state index in [1.807, 2.05) is 42.5 Å². The summed E-state index contributed by atoms with van der Waals surface area (Å²) < 4.78 is 5.78. The van der Waals surface area contributed by atoms with Crippen LogP contribution in [0.4, 0.5) is 0 Å². The second kappa shape index (κ2) is 3.33. The Kier molecular flexibility index (Phi) is 1.96. The summed E-state index contributed by atoms with van der Waals surface area (Å²) >= 11 is 0. The Balaban J connectivity index is 2.49. The number of hydrogen-bond acceptors (Lipinski definition) is 3. The van der Waals surface area contributed by atoms with Gasteiger partial charge in [-0.15, -0.1) is 0 Å². The minimum Gasteiger partial charge on any atom is -0.456 e. The van der Waals surface area contributed by atoms with Gasteiger partial charge in [-0.3, -0.25) is 0 Å². The maximum absolute atomic E-state index is 5.78. The van der Waals surface area contributed by atoms with Crippen molar-refractivity contribution in [3.8, 4) is 0 Å². The van der Waals surface area contributed by atoms with Crippen LogP contribution in [0.1, 0.15) is 11.7 Å². The maximum atomic E-state index is 5.78. The molecule has 3 nitrogen and oxygen atoms in total. The Hall–Kier alpha value is -1.84. The lowest BCUT2D eigenvalue weighted by molar-refractivity contribution is 0.650. The highest BCUT2D eigenvalue weighted by atomic mass is 16.3. The van der Waals surface area contributed by atoms with Crippen LogP contribution in [0.2, 0.25) is 0 Å². The fourth-order valence-corrected chi connectivity index (χ4v) is 2.03. The Morgan fingerprint density at radius 3 is 2.44 bits per heavy atom. The van der Waals surface area contributed by atoms with E-state index in [1.165, 1.54) is 0 Å². The van der Waals surface area contributed by atoms with Crippen molar-refractivity contribution in [1.29, 1.82) is 0 Å². The standard InChI is InChI=1S/C13H12N2O/c14-13(15)10-6-3-5-9-8-4-1-2-7-11(8)16-12(9)10/h1-7,13H,14-15H2. The zero-order valence-corrected chi connectivity index (χ0v) is 8.68. The molecule has 0 spiro atoms. The second-order valence-electron chi connectivity index (χ2n) is 3.85. The molecule has 0 atom stereocenters.